The van der Waals surface area contributed by atoms with Crippen LogP contribution in [0.15, 0.2) is 22.7 Å². The number of aliphatic hydroxyl groups is 1. The maximum Gasteiger partial charge on any atom is 0.254 e. The van der Waals surface area contributed by atoms with Crippen molar-refractivity contribution in [2.45, 2.75) is 38.1 Å². The Morgan fingerprint density at radius 3 is 2.65 bits per heavy atom. The van der Waals surface area contributed by atoms with Crippen molar-refractivity contribution in [3.8, 4) is 0 Å². The Bertz CT molecular complexity index is 475. The molecule has 0 aliphatic heterocycles. The van der Waals surface area contributed by atoms with Crippen LogP contribution in [-0.2, 0) is 0 Å². The van der Waals surface area contributed by atoms with Crippen molar-refractivity contribution in [2.24, 2.45) is 0 Å². The molecule has 1 aliphatic rings. The molecule has 1 aromatic carbocycles. The summed E-state index contributed by atoms with van der Waals surface area (Å²) < 4.78 is 0.720. The van der Waals surface area contributed by atoms with Crippen LogP contribution in [-0.4, -0.2) is 35.1 Å². The van der Waals surface area contributed by atoms with E-state index >= 15 is 0 Å². The van der Waals surface area contributed by atoms with Gasteiger partial charge in [0.2, 0.25) is 0 Å². The maximum atomic E-state index is 12.6. The van der Waals surface area contributed by atoms with Crippen molar-refractivity contribution in [3.05, 3.63) is 33.3 Å². The summed E-state index contributed by atoms with van der Waals surface area (Å²) in [5.41, 5.74) is 0.611. The molecule has 0 aromatic heterocycles. The lowest BCUT2D eigenvalue weighted by molar-refractivity contribution is 0.0585. The number of carbonyl (C=O) groups is 1. The second-order valence-electron chi connectivity index (χ2n) is 5.14. The molecule has 1 fully saturated rings. The van der Waals surface area contributed by atoms with Crippen molar-refractivity contribution in [1.82, 2.24) is 4.90 Å². The molecule has 0 saturated heterocycles. The molecule has 0 radical (unpaired) electrons. The number of hydrogen-bond donors (Lipinski definition) is 1. The Morgan fingerprint density at radius 2 is 2.05 bits per heavy atom. The lowest BCUT2D eigenvalue weighted by Crippen LogP contribution is -2.43. The van der Waals surface area contributed by atoms with E-state index in [4.69, 9.17) is 11.6 Å². The average molecular weight is 361 g/mol. The smallest absolute Gasteiger partial charge is 0.254 e. The van der Waals surface area contributed by atoms with Gasteiger partial charge in [-0.2, -0.15) is 0 Å². The first-order valence-electron chi connectivity index (χ1n) is 7.00. The molecule has 1 N–H and O–H groups in total. The van der Waals surface area contributed by atoms with Gasteiger partial charge >= 0.3 is 0 Å². The van der Waals surface area contributed by atoms with E-state index in [1.807, 2.05) is 4.90 Å². The van der Waals surface area contributed by atoms with E-state index in [-0.39, 0.29) is 18.6 Å². The summed E-state index contributed by atoms with van der Waals surface area (Å²) in [6.45, 7) is 0.390. The monoisotopic (exact) mass is 359 g/mol. The van der Waals surface area contributed by atoms with E-state index in [0.29, 0.717) is 17.1 Å². The van der Waals surface area contributed by atoms with Gasteiger partial charge in [-0.25, -0.2) is 0 Å². The van der Waals surface area contributed by atoms with Gasteiger partial charge < -0.3 is 10.0 Å². The number of amides is 1. The van der Waals surface area contributed by atoms with Crippen molar-refractivity contribution >= 4 is 33.4 Å². The van der Waals surface area contributed by atoms with Crippen molar-refractivity contribution in [2.75, 3.05) is 13.2 Å². The highest BCUT2D eigenvalue weighted by Crippen LogP contribution is 2.27. The number of hydrogen-bond acceptors (Lipinski definition) is 2. The molecule has 110 valence electrons. The fourth-order valence-corrected chi connectivity index (χ4v) is 3.24. The Labute approximate surface area is 133 Å². The third kappa shape index (κ3) is 3.74. The number of nitrogens with zero attached hydrogens (tertiary/aromatic N) is 1. The van der Waals surface area contributed by atoms with Crippen molar-refractivity contribution in [1.29, 1.82) is 0 Å². The third-order valence-electron chi connectivity index (χ3n) is 3.78. The summed E-state index contributed by atoms with van der Waals surface area (Å²) in [5, 5.41) is 9.83. The van der Waals surface area contributed by atoms with Crippen LogP contribution in [0.5, 0.6) is 0 Å². The van der Waals surface area contributed by atoms with Gasteiger partial charge in [0.05, 0.1) is 11.6 Å². The molecule has 0 unspecified atom stereocenters. The Kier molecular flexibility index (Phi) is 5.87. The molecular weight excluding hydrogens is 342 g/mol. The predicted octanol–water partition coefficient (Wildman–Crippen LogP) is 3.87. The standard InChI is InChI=1S/C15H19BrClNO2/c16-13-10-11(6-7-14(13)17)15(20)18(8-9-19)12-4-2-1-3-5-12/h6-7,10,12,19H,1-5,8-9H2. The Balaban J connectivity index is 2.18. The van der Waals surface area contributed by atoms with Crippen LogP contribution in [0.1, 0.15) is 42.5 Å². The zero-order chi connectivity index (χ0) is 14.5. The molecule has 5 heteroatoms. The highest BCUT2D eigenvalue weighted by Gasteiger charge is 2.26. The van der Waals surface area contributed by atoms with Crippen LogP contribution in [0, 0.1) is 0 Å². The van der Waals surface area contributed by atoms with Gasteiger partial charge in [-0.3, -0.25) is 4.79 Å². The van der Waals surface area contributed by atoms with Gasteiger partial charge in [0.1, 0.15) is 0 Å². The van der Waals surface area contributed by atoms with Crippen LogP contribution in [0.25, 0.3) is 0 Å². The minimum atomic E-state index is -0.0247. The van der Waals surface area contributed by atoms with Gasteiger partial charge in [0.25, 0.3) is 5.91 Å². The predicted molar refractivity (Wildman–Crippen MR) is 84.1 cm³/mol. The van der Waals surface area contributed by atoms with E-state index in [1.165, 1.54) is 6.42 Å². The fraction of sp³-hybridized carbons (Fsp3) is 0.533. The summed E-state index contributed by atoms with van der Waals surface area (Å²) in [6.07, 6.45) is 5.61. The normalized spacial score (nSPS) is 16.1. The second-order valence-corrected chi connectivity index (χ2v) is 6.40. The molecule has 0 atom stereocenters. The molecule has 1 amide bonds. The van der Waals surface area contributed by atoms with Crippen LogP contribution in [0.4, 0.5) is 0 Å². The molecule has 1 saturated carbocycles. The van der Waals surface area contributed by atoms with Crippen molar-refractivity contribution in [3.63, 3.8) is 0 Å². The summed E-state index contributed by atoms with van der Waals surface area (Å²) in [5.74, 6) is -0.0247. The summed E-state index contributed by atoms with van der Waals surface area (Å²) in [4.78, 5) is 14.5. The lowest BCUT2D eigenvalue weighted by Gasteiger charge is -2.34. The zero-order valence-electron chi connectivity index (χ0n) is 11.3. The highest BCUT2D eigenvalue weighted by molar-refractivity contribution is 9.10. The Hall–Kier alpha value is -0.580. The summed E-state index contributed by atoms with van der Waals surface area (Å²) in [6, 6.07) is 5.45. The molecule has 2 rings (SSSR count). The fourth-order valence-electron chi connectivity index (χ4n) is 2.75. The average Bonchev–Trinajstić information content (AvgIpc) is 2.48. The van der Waals surface area contributed by atoms with Gasteiger partial charge in [-0.15, -0.1) is 0 Å². The van der Waals surface area contributed by atoms with E-state index in [2.05, 4.69) is 15.9 Å². The minimum absolute atomic E-state index is 0.00298. The van der Waals surface area contributed by atoms with Crippen LogP contribution in [0.2, 0.25) is 5.02 Å². The van der Waals surface area contributed by atoms with Gasteiger partial charge in [0, 0.05) is 22.6 Å². The number of rotatable bonds is 4. The molecule has 0 spiro atoms. The minimum Gasteiger partial charge on any atom is -0.395 e. The molecule has 0 bridgehead atoms. The first kappa shape index (κ1) is 15.8. The van der Waals surface area contributed by atoms with E-state index in [0.717, 1.165) is 30.2 Å². The highest BCUT2D eigenvalue weighted by atomic mass is 79.9. The van der Waals surface area contributed by atoms with Gasteiger partial charge in [-0.1, -0.05) is 30.9 Å². The van der Waals surface area contributed by atoms with E-state index < -0.39 is 0 Å². The van der Waals surface area contributed by atoms with Crippen LogP contribution < -0.4 is 0 Å². The quantitative estimate of drug-likeness (QED) is 0.885. The second kappa shape index (κ2) is 7.43. The zero-order valence-corrected chi connectivity index (χ0v) is 13.7. The van der Waals surface area contributed by atoms with Crippen LogP contribution in [0.3, 0.4) is 0 Å². The number of benzene rings is 1. The van der Waals surface area contributed by atoms with Crippen LogP contribution >= 0.6 is 27.5 Å². The largest absolute Gasteiger partial charge is 0.395 e. The molecule has 20 heavy (non-hydrogen) atoms. The van der Waals surface area contributed by atoms with Crippen molar-refractivity contribution < 1.29 is 9.90 Å². The SMILES string of the molecule is O=C(c1ccc(Cl)c(Br)c1)N(CCO)C1CCCCC1. The Morgan fingerprint density at radius 1 is 1.35 bits per heavy atom. The summed E-state index contributed by atoms with van der Waals surface area (Å²) in [7, 11) is 0. The molecular formula is C15H19BrClNO2. The first-order valence-corrected chi connectivity index (χ1v) is 8.17. The van der Waals surface area contributed by atoms with E-state index in [9.17, 15) is 9.90 Å². The first-order chi connectivity index (χ1) is 9.63. The molecule has 3 nitrogen and oxygen atoms in total. The topological polar surface area (TPSA) is 40.5 Å². The maximum absolute atomic E-state index is 12.6. The molecule has 1 aliphatic carbocycles. The van der Waals surface area contributed by atoms with Gasteiger partial charge in [-0.05, 0) is 47.0 Å². The number of aliphatic hydroxyl groups excluding tert-OH is 1. The van der Waals surface area contributed by atoms with Gasteiger partial charge in [0.15, 0.2) is 0 Å². The van der Waals surface area contributed by atoms with E-state index in [1.54, 1.807) is 18.2 Å². The third-order valence-corrected chi connectivity index (χ3v) is 5.00. The molecule has 1 aromatic rings. The summed E-state index contributed by atoms with van der Waals surface area (Å²) >= 11 is 9.31. The lowest BCUT2D eigenvalue weighted by atomic mass is 9.93. The number of halogens is 2. The molecule has 0 heterocycles. The number of carbonyl (C=O) groups excluding carboxylic acids is 1.